The molecule has 2 rings (SSSR count). The second-order valence-electron chi connectivity index (χ2n) is 3.97. The molecule has 0 fully saturated rings. The highest BCUT2D eigenvalue weighted by Gasteiger charge is 2.06. The summed E-state index contributed by atoms with van der Waals surface area (Å²) in [6, 6.07) is 0.245. The minimum absolute atomic E-state index is 0.111. The Morgan fingerprint density at radius 2 is 2.41 bits per heavy atom. The molecule has 3 N–H and O–H groups in total. The van der Waals surface area contributed by atoms with Crippen LogP contribution in [0.2, 0.25) is 0 Å². The fourth-order valence-corrected chi connectivity index (χ4v) is 1.61. The number of hydrogen-bond donors (Lipinski definition) is 3. The highest BCUT2D eigenvalue weighted by Crippen LogP contribution is 2.10. The molecular weight excluding hydrogens is 218 g/mol. The fourth-order valence-electron chi connectivity index (χ4n) is 1.61. The van der Waals surface area contributed by atoms with Crippen LogP contribution in [0.4, 0.5) is 0 Å². The quantitative estimate of drug-likeness (QED) is 0.679. The number of aromatic nitrogens is 4. The molecule has 0 aliphatic rings. The van der Waals surface area contributed by atoms with Gasteiger partial charge < -0.3 is 10.4 Å². The molecule has 1 unspecified atom stereocenters. The molecule has 0 aliphatic carbocycles. The van der Waals surface area contributed by atoms with Gasteiger partial charge in [0.15, 0.2) is 0 Å². The van der Waals surface area contributed by atoms with Gasteiger partial charge in [0.25, 0.3) is 0 Å². The van der Waals surface area contributed by atoms with E-state index in [1.165, 1.54) is 0 Å². The summed E-state index contributed by atoms with van der Waals surface area (Å²) in [6.45, 7) is 3.48. The molecule has 0 spiro atoms. The largest absolute Gasteiger partial charge is 0.394 e. The maximum atomic E-state index is 8.79. The van der Waals surface area contributed by atoms with Gasteiger partial charge in [0.1, 0.15) is 0 Å². The van der Waals surface area contributed by atoms with Crippen LogP contribution in [0.3, 0.4) is 0 Å². The van der Waals surface area contributed by atoms with Crippen LogP contribution in [0.1, 0.15) is 24.1 Å². The van der Waals surface area contributed by atoms with E-state index in [1.54, 1.807) is 4.68 Å². The lowest BCUT2D eigenvalue weighted by Gasteiger charge is -2.10. The Kier molecular flexibility index (Phi) is 3.89. The number of nitrogens with zero attached hydrogens (tertiary/aromatic N) is 3. The minimum Gasteiger partial charge on any atom is -0.394 e. The van der Waals surface area contributed by atoms with Crippen molar-refractivity contribution in [1.29, 1.82) is 0 Å². The summed E-state index contributed by atoms with van der Waals surface area (Å²) in [5.74, 6) is 0. The highest BCUT2D eigenvalue weighted by atomic mass is 16.3. The maximum absolute atomic E-state index is 8.79. The zero-order chi connectivity index (χ0) is 12.1. The van der Waals surface area contributed by atoms with E-state index in [0.717, 1.165) is 17.7 Å². The molecule has 0 radical (unpaired) electrons. The molecule has 0 saturated carbocycles. The SMILES string of the molecule is CC(NCc1cnn(CCO)c1)c1cn[nH]c1. The van der Waals surface area contributed by atoms with Crippen molar-refractivity contribution in [2.75, 3.05) is 6.61 Å². The molecule has 92 valence electrons. The van der Waals surface area contributed by atoms with Gasteiger partial charge in [-0.25, -0.2) is 0 Å². The normalized spacial score (nSPS) is 12.8. The molecule has 0 saturated heterocycles. The van der Waals surface area contributed by atoms with Crippen molar-refractivity contribution in [3.8, 4) is 0 Å². The van der Waals surface area contributed by atoms with Crippen LogP contribution >= 0.6 is 0 Å². The lowest BCUT2D eigenvalue weighted by molar-refractivity contribution is 0.269. The summed E-state index contributed by atoms with van der Waals surface area (Å²) in [5.41, 5.74) is 2.24. The minimum atomic E-state index is 0.111. The van der Waals surface area contributed by atoms with E-state index in [9.17, 15) is 0 Å². The van der Waals surface area contributed by atoms with Gasteiger partial charge in [-0.2, -0.15) is 10.2 Å². The predicted molar refractivity (Wildman–Crippen MR) is 63.2 cm³/mol. The van der Waals surface area contributed by atoms with Gasteiger partial charge in [-0.05, 0) is 6.92 Å². The van der Waals surface area contributed by atoms with Crippen LogP contribution in [0.5, 0.6) is 0 Å². The van der Waals surface area contributed by atoms with E-state index in [4.69, 9.17) is 5.11 Å². The van der Waals surface area contributed by atoms with Crippen molar-refractivity contribution in [3.05, 3.63) is 35.9 Å². The number of rotatable bonds is 6. The zero-order valence-corrected chi connectivity index (χ0v) is 9.80. The molecule has 0 amide bonds. The number of nitrogens with one attached hydrogen (secondary N) is 2. The average molecular weight is 235 g/mol. The van der Waals surface area contributed by atoms with Crippen LogP contribution in [0.15, 0.2) is 24.8 Å². The Balaban J connectivity index is 1.84. The van der Waals surface area contributed by atoms with E-state index in [0.29, 0.717) is 6.54 Å². The fraction of sp³-hybridized carbons (Fsp3) is 0.455. The third kappa shape index (κ3) is 3.15. The van der Waals surface area contributed by atoms with Crippen LogP contribution in [-0.2, 0) is 13.1 Å². The molecule has 2 aromatic rings. The predicted octanol–water partition coefficient (Wildman–Crippen LogP) is 0.449. The molecule has 2 heterocycles. The molecule has 17 heavy (non-hydrogen) atoms. The third-order valence-corrected chi connectivity index (χ3v) is 2.65. The Hall–Kier alpha value is -1.66. The summed E-state index contributed by atoms with van der Waals surface area (Å²) >= 11 is 0. The number of aliphatic hydroxyl groups excluding tert-OH is 1. The van der Waals surface area contributed by atoms with Gasteiger partial charge in [0.05, 0.1) is 25.5 Å². The Morgan fingerprint density at radius 1 is 1.53 bits per heavy atom. The van der Waals surface area contributed by atoms with Crippen molar-refractivity contribution in [1.82, 2.24) is 25.3 Å². The molecule has 1 atom stereocenters. The monoisotopic (exact) mass is 235 g/mol. The molecule has 6 heteroatoms. The van der Waals surface area contributed by atoms with Crippen molar-refractivity contribution in [3.63, 3.8) is 0 Å². The number of hydrogen-bond acceptors (Lipinski definition) is 4. The topological polar surface area (TPSA) is 78.8 Å². The standard InChI is InChI=1S/C11H17N5O/c1-9(11-6-13-14-7-11)12-4-10-5-15-16(8-10)2-3-17/h5-9,12,17H,2-4H2,1H3,(H,13,14). The maximum Gasteiger partial charge on any atom is 0.0640 e. The Morgan fingerprint density at radius 3 is 3.12 bits per heavy atom. The first-order valence-electron chi connectivity index (χ1n) is 5.64. The smallest absolute Gasteiger partial charge is 0.0640 e. The first kappa shape index (κ1) is 11.8. The molecule has 0 bridgehead atoms. The van der Waals surface area contributed by atoms with E-state index < -0.39 is 0 Å². The van der Waals surface area contributed by atoms with Crippen molar-refractivity contribution < 1.29 is 5.11 Å². The van der Waals surface area contributed by atoms with Crippen molar-refractivity contribution in [2.24, 2.45) is 0 Å². The second-order valence-corrected chi connectivity index (χ2v) is 3.97. The summed E-state index contributed by atoms with van der Waals surface area (Å²) < 4.78 is 1.74. The number of aliphatic hydroxyl groups is 1. The van der Waals surface area contributed by atoms with Crippen LogP contribution in [-0.4, -0.2) is 31.7 Å². The molecule has 2 aromatic heterocycles. The summed E-state index contributed by atoms with van der Waals surface area (Å²) in [7, 11) is 0. The van der Waals surface area contributed by atoms with Crippen LogP contribution < -0.4 is 5.32 Å². The summed E-state index contributed by atoms with van der Waals surface area (Å²) in [6.07, 6.45) is 7.44. The first-order chi connectivity index (χ1) is 8.29. The molecular formula is C11H17N5O. The number of aromatic amines is 1. The number of H-pyrrole nitrogens is 1. The van der Waals surface area contributed by atoms with Gasteiger partial charge in [-0.3, -0.25) is 9.78 Å². The van der Waals surface area contributed by atoms with Crippen LogP contribution in [0, 0.1) is 0 Å². The third-order valence-electron chi connectivity index (χ3n) is 2.65. The van der Waals surface area contributed by atoms with Gasteiger partial charge in [-0.1, -0.05) is 0 Å². The van der Waals surface area contributed by atoms with Gasteiger partial charge in [0.2, 0.25) is 0 Å². The Bertz CT molecular complexity index is 436. The first-order valence-corrected chi connectivity index (χ1v) is 5.64. The van der Waals surface area contributed by atoms with Crippen molar-refractivity contribution in [2.45, 2.75) is 26.1 Å². The zero-order valence-electron chi connectivity index (χ0n) is 9.80. The summed E-state index contributed by atoms with van der Waals surface area (Å²) in [5, 5.41) is 23.0. The van der Waals surface area contributed by atoms with Gasteiger partial charge in [0, 0.05) is 36.1 Å². The van der Waals surface area contributed by atoms with Gasteiger partial charge >= 0.3 is 0 Å². The van der Waals surface area contributed by atoms with Crippen LogP contribution in [0.25, 0.3) is 0 Å². The highest BCUT2D eigenvalue weighted by molar-refractivity contribution is 5.09. The lowest BCUT2D eigenvalue weighted by atomic mass is 10.2. The molecule has 6 nitrogen and oxygen atoms in total. The molecule has 0 aromatic carbocycles. The van der Waals surface area contributed by atoms with Gasteiger partial charge in [-0.15, -0.1) is 0 Å². The second kappa shape index (κ2) is 5.60. The van der Waals surface area contributed by atoms with E-state index in [2.05, 4.69) is 27.5 Å². The summed E-state index contributed by atoms with van der Waals surface area (Å²) in [4.78, 5) is 0. The van der Waals surface area contributed by atoms with E-state index in [1.807, 2.05) is 24.8 Å². The van der Waals surface area contributed by atoms with E-state index >= 15 is 0 Å². The van der Waals surface area contributed by atoms with Crippen molar-refractivity contribution >= 4 is 0 Å². The molecule has 0 aliphatic heterocycles. The average Bonchev–Trinajstić information content (AvgIpc) is 2.97. The lowest BCUT2D eigenvalue weighted by Crippen LogP contribution is -2.17. The Labute approximate surface area is 99.7 Å². The van der Waals surface area contributed by atoms with E-state index in [-0.39, 0.29) is 12.6 Å².